The molecule has 2 saturated heterocycles. The van der Waals surface area contributed by atoms with E-state index in [1.165, 1.54) is 12.1 Å². The number of anilines is 2. The standard InChI is InChI=1S/C23H31FN4O2/c1-16-4-3-9-28(20(12-16)13-18-5-7-19(24)8-6-18)23-25-21(14-22(29)26-23)27-10-11-30-17(2)15-27/h5-8,14,16-17,20H,3-4,9-13,15H2,1-2H3,(H,25,26,29)/t16-,17?,20+/m1/s1. The number of hydrogen-bond donors (Lipinski definition) is 1. The maximum atomic E-state index is 13.4. The molecule has 6 nitrogen and oxygen atoms in total. The molecule has 1 unspecified atom stereocenters. The van der Waals surface area contributed by atoms with E-state index in [0.29, 0.717) is 24.3 Å². The predicted octanol–water partition coefficient (Wildman–Crippen LogP) is 3.37. The van der Waals surface area contributed by atoms with Gasteiger partial charge in [0.25, 0.3) is 5.56 Å². The Balaban J connectivity index is 1.63. The summed E-state index contributed by atoms with van der Waals surface area (Å²) in [5, 5.41) is 0. The number of hydrogen-bond acceptors (Lipinski definition) is 5. The molecular formula is C23H31FN4O2. The number of nitrogens with one attached hydrogen (secondary N) is 1. The number of benzene rings is 1. The van der Waals surface area contributed by atoms with Crippen LogP contribution >= 0.6 is 0 Å². The highest BCUT2D eigenvalue weighted by atomic mass is 19.1. The molecule has 0 amide bonds. The molecule has 3 atom stereocenters. The number of morpholine rings is 1. The number of aromatic nitrogens is 2. The van der Waals surface area contributed by atoms with Gasteiger partial charge in [0.05, 0.1) is 12.7 Å². The minimum Gasteiger partial charge on any atom is -0.375 e. The van der Waals surface area contributed by atoms with Gasteiger partial charge in [0.15, 0.2) is 0 Å². The van der Waals surface area contributed by atoms with E-state index in [1.54, 1.807) is 6.07 Å². The van der Waals surface area contributed by atoms with Crippen LogP contribution < -0.4 is 15.4 Å². The van der Waals surface area contributed by atoms with Gasteiger partial charge in [-0.05, 0) is 56.2 Å². The fourth-order valence-corrected chi connectivity index (χ4v) is 4.62. The molecule has 2 fully saturated rings. The highest BCUT2D eigenvalue weighted by molar-refractivity contribution is 5.45. The molecule has 4 rings (SSSR count). The summed E-state index contributed by atoms with van der Waals surface area (Å²) in [5.74, 6) is 1.72. The zero-order chi connectivity index (χ0) is 21.1. The Morgan fingerprint density at radius 1 is 1.23 bits per heavy atom. The van der Waals surface area contributed by atoms with Crippen LogP contribution in [0.5, 0.6) is 0 Å². The summed E-state index contributed by atoms with van der Waals surface area (Å²) < 4.78 is 19.0. The summed E-state index contributed by atoms with van der Waals surface area (Å²) in [6.07, 6.45) is 4.14. The third-order valence-electron chi connectivity index (χ3n) is 6.15. The van der Waals surface area contributed by atoms with Crippen LogP contribution in [0.25, 0.3) is 0 Å². The minimum atomic E-state index is -0.219. The monoisotopic (exact) mass is 414 g/mol. The van der Waals surface area contributed by atoms with Crippen LogP contribution in [0.2, 0.25) is 0 Å². The molecule has 0 bridgehead atoms. The van der Waals surface area contributed by atoms with Gasteiger partial charge >= 0.3 is 0 Å². The Morgan fingerprint density at radius 3 is 2.80 bits per heavy atom. The summed E-state index contributed by atoms with van der Waals surface area (Å²) in [7, 11) is 0. The van der Waals surface area contributed by atoms with Gasteiger partial charge in [0.2, 0.25) is 5.95 Å². The fourth-order valence-electron chi connectivity index (χ4n) is 4.62. The Labute approximate surface area is 177 Å². The molecule has 3 heterocycles. The lowest BCUT2D eigenvalue weighted by atomic mass is 9.94. The summed E-state index contributed by atoms with van der Waals surface area (Å²) in [6.45, 7) is 7.27. The lowest BCUT2D eigenvalue weighted by molar-refractivity contribution is 0.0529. The van der Waals surface area contributed by atoms with E-state index in [2.05, 4.69) is 21.7 Å². The normalized spacial score (nSPS) is 25.2. The SMILES string of the molecule is CC1CN(c2cc(=O)[nH]c(N3CCC[C@@H](C)C[C@H]3Cc3ccc(F)cc3)n2)CCO1. The van der Waals surface area contributed by atoms with Crippen molar-refractivity contribution in [2.24, 2.45) is 5.92 Å². The predicted molar refractivity (Wildman–Crippen MR) is 117 cm³/mol. The summed E-state index contributed by atoms with van der Waals surface area (Å²) in [6, 6.07) is 8.52. The van der Waals surface area contributed by atoms with Crippen molar-refractivity contribution in [2.75, 3.05) is 36.0 Å². The van der Waals surface area contributed by atoms with Crippen molar-refractivity contribution in [3.63, 3.8) is 0 Å². The van der Waals surface area contributed by atoms with Crippen LogP contribution in [0.1, 0.15) is 38.7 Å². The van der Waals surface area contributed by atoms with Crippen LogP contribution in [0.3, 0.4) is 0 Å². The van der Waals surface area contributed by atoms with Crippen molar-refractivity contribution in [3.05, 3.63) is 52.1 Å². The second-order valence-corrected chi connectivity index (χ2v) is 8.72. The number of ether oxygens (including phenoxy) is 1. The number of halogens is 1. The highest BCUT2D eigenvalue weighted by Gasteiger charge is 2.27. The zero-order valence-corrected chi connectivity index (χ0v) is 17.8. The average Bonchev–Trinajstić information content (AvgIpc) is 2.90. The molecule has 0 aliphatic carbocycles. The highest BCUT2D eigenvalue weighted by Crippen LogP contribution is 2.28. The van der Waals surface area contributed by atoms with E-state index in [9.17, 15) is 9.18 Å². The van der Waals surface area contributed by atoms with Crippen molar-refractivity contribution in [1.29, 1.82) is 0 Å². The van der Waals surface area contributed by atoms with E-state index in [0.717, 1.165) is 50.9 Å². The fraction of sp³-hybridized carbons (Fsp3) is 0.565. The van der Waals surface area contributed by atoms with Gasteiger partial charge in [-0.3, -0.25) is 9.78 Å². The van der Waals surface area contributed by atoms with Crippen LogP contribution in [-0.2, 0) is 11.2 Å². The molecule has 2 aromatic rings. The first-order valence-corrected chi connectivity index (χ1v) is 11.0. The van der Waals surface area contributed by atoms with Crippen molar-refractivity contribution in [1.82, 2.24) is 9.97 Å². The Hall–Kier alpha value is -2.41. The van der Waals surface area contributed by atoms with E-state index in [4.69, 9.17) is 9.72 Å². The largest absolute Gasteiger partial charge is 0.375 e. The van der Waals surface area contributed by atoms with E-state index in [-0.39, 0.29) is 23.5 Å². The molecule has 2 aliphatic heterocycles. The second-order valence-electron chi connectivity index (χ2n) is 8.72. The van der Waals surface area contributed by atoms with Gasteiger partial charge in [-0.2, -0.15) is 4.98 Å². The Bertz CT molecular complexity index is 901. The van der Waals surface area contributed by atoms with Gasteiger partial charge in [-0.25, -0.2) is 4.39 Å². The average molecular weight is 415 g/mol. The molecule has 30 heavy (non-hydrogen) atoms. The van der Waals surface area contributed by atoms with Gasteiger partial charge in [0, 0.05) is 31.7 Å². The third-order valence-corrected chi connectivity index (χ3v) is 6.15. The minimum absolute atomic E-state index is 0.119. The van der Waals surface area contributed by atoms with Gasteiger partial charge in [0.1, 0.15) is 11.6 Å². The zero-order valence-electron chi connectivity index (χ0n) is 17.8. The molecule has 0 spiro atoms. The summed E-state index contributed by atoms with van der Waals surface area (Å²) in [5.41, 5.74) is 0.966. The Kier molecular flexibility index (Phi) is 6.37. The quantitative estimate of drug-likeness (QED) is 0.831. The van der Waals surface area contributed by atoms with Crippen LogP contribution in [0.4, 0.5) is 16.2 Å². The molecule has 162 valence electrons. The van der Waals surface area contributed by atoms with Crippen molar-refractivity contribution in [2.45, 2.75) is 51.7 Å². The maximum absolute atomic E-state index is 13.4. The molecule has 0 saturated carbocycles. The molecule has 1 aromatic carbocycles. The smallest absolute Gasteiger partial charge is 0.254 e. The number of aromatic amines is 1. The van der Waals surface area contributed by atoms with Crippen molar-refractivity contribution in [3.8, 4) is 0 Å². The Morgan fingerprint density at radius 2 is 2.03 bits per heavy atom. The number of rotatable bonds is 4. The van der Waals surface area contributed by atoms with Crippen LogP contribution in [-0.4, -0.2) is 48.4 Å². The molecule has 0 radical (unpaired) electrons. The first-order chi connectivity index (χ1) is 14.5. The molecule has 7 heteroatoms. The maximum Gasteiger partial charge on any atom is 0.254 e. The van der Waals surface area contributed by atoms with Crippen LogP contribution in [0, 0.1) is 11.7 Å². The molecule has 1 aromatic heterocycles. The van der Waals surface area contributed by atoms with E-state index in [1.807, 2.05) is 19.1 Å². The van der Waals surface area contributed by atoms with E-state index >= 15 is 0 Å². The number of nitrogens with zero attached hydrogens (tertiary/aromatic N) is 3. The second kappa shape index (κ2) is 9.16. The molecule has 1 N–H and O–H groups in total. The van der Waals surface area contributed by atoms with Gasteiger partial charge < -0.3 is 14.5 Å². The van der Waals surface area contributed by atoms with Crippen molar-refractivity contribution < 1.29 is 9.13 Å². The molecule has 2 aliphatic rings. The summed E-state index contributed by atoms with van der Waals surface area (Å²) in [4.78, 5) is 24.7. The summed E-state index contributed by atoms with van der Waals surface area (Å²) >= 11 is 0. The van der Waals surface area contributed by atoms with E-state index < -0.39 is 0 Å². The lowest BCUT2D eigenvalue weighted by Crippen LogP contribution is -2.43. The number of H-pyrrole nitrogens is 1. The van der Waals surface area contributed by atoms with Crippen molar-refractivity contribution >= 4 is 11.8 Å². The molecular weight excluding hydrogens is 383 g/mol. The topological polar surface area (TPSA) is 61.5 Å². The third kappa shape index (κ3) is 5.01. The van der Waals surface area contributed by atoms with Crippen LogP contribution in [0.15, 0.2) is 35.1 Å². The lowest BCUT2D eigenvalue weighted by Gasteiger charge is -2.34. The first-order valence-electron chi connectivity index (χ1n) is 11.0. The van der Waals surface area contributed by atoms with Gasteiger partial charge in [-0.15, -0.1) is 0 Å². The first kappa shape index (κ1) is 20.8. The van der Waals surface area contributed by atoms with Gasteiger partial charge in [-0.1, -0.05) is 19.1 Å².